The first kappa shape index (κ1) is 19.6. The third kappa shape index (κ3) is 6.66. The number of hydrogen-bond donors (Lipinski definition) is 2. The van der Waals surface area contributed by atoms with Gasteiger partial charge in [-0.1, -0.05) is 25.1 Å². The van der Waals surface area contributed by atoms with Gasteiger partial charge in [0.2, 0.25) is 23.6 Å². The third-order valence-corrected chi connectivity index (χ3v) is 3.98. The fraction of sp³-hybridized carbons (Fsp3) is 0.474. The van der Waals surface area contributed by atoms with Crippen molar-refractivity contribution in [2.45, 2.75) is 52.0 Å². The Morgan fingerprint density at radius 1 is 1.12 bits per heavy atom. The molecule has 7 nitrogen and oxygen atoms in total. The predicted octanol–water partition coefficient (Wildman–Crippen LogP) is 2.48. The third-order valence-electron chi connectivity index (χ3n) is 3.98. The van der Waals surface area contributed by atoms with Crippen molar-refractivity contribution in [2.24, 2.45) is 0 Å². The number of nitrogens with zero attached hydrogens (tertiary/aromatic N) is 2. The van der Waals surface area contributed by atoms with Crippen molar-refractivity contribution in [3.8, 4) is 11.5 Å². The van der Waals surface area contributed by atoms with Gasteiger partial charge in [0.25, 0.3) is 0 Å². The molecule has 0 saturated carbocycles. The molecule has 26 heavy (non-hydrogen) atoms. The summed E-state index contributed by atoms with van der Waals surface area (Å²) in [6, 6.07) is 9.71. The summed E-state index contributed by atoms with van der Waals surface area (Å²) < 4.78 is 5.60. The first-order chi connectivity index (χ1) is 12.6. The first-order valence-corrected chi connectivity index (χ1v) is 9.02. The van der Waals surface area contributed by atoms with Gasteiger partial charge in [-0.3, -0.25) is 9.59 Å². The second kappa shape index (κ2) is 10.3. The molecule has 0 aliphatic heterocycles. The molecule has 2 aromatic rings. The summed E-state index contributed by atoms with van der Waals surface area (Å²) >= 11 is 0. The van der Waals surface area contributed by atoms with Crippen LogP contribution in [-0.4, -0.2) is 34.6 Å². The van der Waals surface area contributed by atoms with Crippen LogP contribution < -0.4 is 10.6 Å². The summed E-state index contributed by atoms with van der Waals surface area (Å²) in [5, 5.41) is 13.7. The standard InChI is InChI=1S/C19H26N4O3/c1-3-14(2)21-17(25)12-13-20-16(24)10-7-11-18-22-23-19(26-18)15-8-5-4-6-9-15/h4-6,8-9,14H,3,7,10-13H2,1-2H3,(H,20,24)(H,21,25). The van der Waals surface area contributed by atoms with Crippen molar-refractivity contribution in [1.29, 1.82) is 0 Å². The quantitative estimate of drug-likeness (QED) is 0.680. The summed E-state index contributed by atoms with van der Waals surface area (Å²) in [5.74, 6) is 0.880. The Morgan fingerprint density at radius 3 is 2.62 bits per heavy atom. The zero-order chi connectivity index (χ0) is 18.8. The lowest BCUT2D eigenvalue weighted by Crippen LogP contribution is -2.35. The average Bonchev–Trinajstić information content (AvgIpc) is 3.11. The number of aryl methyl sites for hydroxylation is 1. The van der Waals surface area contributed by atoms with Gasteiger partial charge >= 0.3 is 0 Å². The Morgan fingerprint density at radius 2 is 1.88 bits per heavy atom. The van der Waals surface area contributed by atoms with Crippen LogP contribution in [0, 0.1) is 0 Å². The van der Waals surface area contributed by atoms with E-state index >= 15 is 0 Å². The maximum absolute atomic E-state index is 11.8. The highest BCUT2D eigenvalue weighted by molar-refractivity contribution is 5.79. The lowest BCUT2D eigenvalue weighted by atomic mass is 10.2. The Kier molecular flexibility index (Phi) is 7.79. The van der Waals surface area contributed by atoms with E-state index in [0.29, 0.717) is 44.0 Å². The van der Waals surface area contributed by atoms with E-state index in [0.717, 1.165) is 12.0 Å². The van der Waals surface area contributed by atoms with Gasteiger partial charge in [-0.2, -0.15) is 0 Å². The topological polar surface area (TPSA) is 97.1 Å². The normalized spacial score (nSPS) is 11.8. The van der Waals surface area contributed by atoms with Crippen LogP contribution >= 0.6 is 0 Å². The number of aromatic nitrogens is 2. The molecule has 1 aromatic heterocycles. The summed E-state index contributed by atoms with van der Waals surface area (Å²) in [6.45, 7) is 4.32. The summed E-state index contributed by atoms with van der Waals surface area (Å²) in [4.78, 5) is 23.4. The number of benzene rings is 1. The van der Waals surface area contributed by atoms with Crippen LogP contribution in [0.3, 0.4) is 0 Å². The highest BCUT2D eigenvalue weighted by atomic mass is 16.4. The monoisotopic (exact) mass is 358 g/mol. The lowest BCUT2D eigenvalue weighted by molar-refractivity contribution is -0.122. The molecule has 2 amide bonds. The molecule has 0 aliphatic carbocycles. The van der Waals surface area contributed by atoms with Gasteiger partial charge < -0.3 is 15.1 Å². The van der Waals surface area contributed by atoms with Crippen LogP contribution in [0.4, 0.5) is 0 Å². The van der Waals surface area contributed by atoms with E-state index in [9.17, 15) is 9.59 Å². The zero-order valence-electron chi connectivity index (χ0n) is 15.3. The van der Waals surface area contributed by atoms with Crippen molar-refractivity contribution in [3.63, 3.8) is 0 Å². The van der Waals surface area contributed by atoms with Crippen LogP contribution in [0.2, 0.25) is 0 Å². The van der Waals surface area contributed by atoms with Gasteiger partial charge in [-0.25, -0.2) is 0 Å². The molecule has 2 N–H and O–H groups in total. The van der Waals surface area contributed by atoms with E-state index in [1.165, 1.54) is 0 Å². The van der Waals surface area contributed by atoms with Gasteiger partial charge in [0, 0.05) is 37.4 Å². The highest BCUT2D eigenvalue weighted by Gasteiger charge is 2.10. The van der Waals surface area contributed by atoms with Gasteiger partial charge in [0.1, 0.15) is 0 Å². The number of rotatable bonds is 10. The van der Waals surface area contributed by atoms with Gasteiger partial charge in [-0.05, 0) is 31.9 Å². The molecule has 1 atom stereocenters. The molecule has 2 rings (SSSR count). The van der Waals surface area contributed by atoms with Crippen molar-refractivity contribution < 1.29 is 14.0 Å². The molecular weight excluding hydrogens is 332 g/mol. The molecule has 1 aromatic carbocycles. The smallest absolute Gasteiger partial charge is 0.247 e. The van der Waals surface area contributed by atoms with E-state index in [-0.39, 0.29) is 17.9 Å². The van der Waals surface area contributed by atoms with Crippen molar-refractivity contribution in [3.05, 3.63) is 36.2 Å². The lowest BCUT2D eigenvalue weighted by Gasteiger charge is -2.11. The van der Waals surface area contributed by atoms with Gasteiger partial charge in [-0.15, -0.1) is 10.2 Å². The minimum atomic E-state index is -0.0795. The Bertz CT molecular complexity index is 700. The number of carbonyl (C=O) groups excluding carboxylic acids is 2. The molecule has 140 valence electrons. The Labute approximate surface area is 153 Å². The van der Waals surface area contributed by atoms with Crippen molar-refractivity contribution in [2.75, 3.05) is 6.54 Å². The van der Waals surface area contributed by atoms with E-state index in [4.69, 9.17) is 4.42 Å². The molecule has 0 radical (unpaired) electrons. The summed E-state index contributed by atoms with van der Waals surface area (Å²) in [7, 11) is 0. The second-order valence-corrected chi connectivity index (χ2v) is 6.20. The van der Waals surface area contributed by atoms with E-state index in [2.05, 4.69) is 20.8 Å². The number of amides is 2. The predicted molar refractivity (Wildman–Crippen MR) is 98.2 cm³/mol. The van der Waals surface area contributed by atoms with Gasteiger partial charge in [0.15, 0.2) is 0 Å². The SMILES string of the molecule is CCC(C)NC(=O)CCNC(=O)CCCc1nnc(-c2ccccc2)o1. The van der Waals surface area contributed by atoms with Crippen LogP contribution in [0.5, 0.6) is 0 Å². The summed E-state index contributed by atoms with van der Waals surface area (Å²) in [5.41, 5.74) is 0.875. The highest BCUT2D eigenvalue weighted by Crippen LogP contribution is 2.17. The molecule has 1 heterocycles. The zero-order valence-corrected chi connectivity index (χ0v) is 15.3. The first-order valence-electron chi connectivity index (χ1n) is 9.02. The average molecular weight is 358 g/mol. The minimum Gasteiger partial charge on any atom is -0.421 e. The molecule has 0 fully saturated rings. The molecule has 7 heteroatoms. The molecule has 1 unspecified atom stereocenters. The van der Waals surface area contributed by atoms with Crippen LogP contribution in [0.25, 0.3) is 11.5 Å². The minimum absolute atomic E-state index is 0.0426. The Balaban J connectivity index is 1.63. The van der Waals surface area contributed by atoms with E-state index in [1.54, 1.807) is 0 Å². The van der Waals surface area contributed by atoms with Crippen LogP contribution in [0.15, 0.2) is 34.7 Å². The summed E-state index contributed by atoms with van der Waals surface area (Å²) in [6.07, 6.45) is 2.69. The van der Waals surface area contributed by atoms with E-state index in [1.807, 2.05) is 44.2 Å². The number of carbonyl (C=O) groups is 2. The fourth-order valence-corrected chi connectivity index (χ4v) is 2.31. The molecular formula is C19H26N4O3. The molecule has 0 saturated heterocycles. The number of nitrogens with one attached hydrogen (secondary N) is 2. The largest absolute Gasteiger partial charge is 0.421 e. The second-order valence-electron chi connectivity index (χ2n) is 6.20. The van der Waals surface area contributed by atoms with Crippen molar-refractivity contribution in [1.82, 2.24) is 20.8 Å². The Hall–Kier alpha value is -2.70. The van der Waals surface area contributed by atoms with Crippen LogP contribution in [-0.2, 0) is 16.0 Å². The van der Waals surface area contributed by atoms with Gasteiger partial charge in [0.05, 0.1) is 0 Å². The fourth-order valence-electron chi connectivity index (χ4n) is 2.31. The van der Waals surface area contributed by atoms with Crippen LogP contribution in [0.1, 0.15) is 45.4 Å². The number of hydrogen-bond acceptors (Lipinski definition) is 5. The molecule has 0 bridgehead atoms. The maximum atomic E-state index is 11.8. The molecule has 0 aliphatic rings. The van der Waals surface area contributed by atoms with Crippen molar-refractivity contribution >= 4 is 11.8 Å². The molecule has 0 spiro atoms. The maximum Gasteiger partial charge on any atom is 0.247 e. The van der Waals surface area contributed by atoms with E-state index < -0.39 is 0 Å².